The number of rotatable bonds is 8. The van der Waals surface area contributed by atoms with Crippen LogP contribution in [0, 0.1) is 3.57 Å². The van der Waals surface area contributed by atoms with E-state index in [0.717, 1.165) is 32.7 Å². The van der Waals surface area contributed by atoms with Gasteiger partial charge in [0, 0.05) is 21.9 Å². The zero-order valence-electron chi connectivity index (χ0n) is 15.8. The van der Waals surface area contributed by atoms with E-state index in [0.29, 0.717) is 12.2 Å². The number of aromatic nitrogens is 2. The summed E-state index contributed by atoms with van der Waals surface area (Å²) in [6.07, 6.45) is 6.69. The Morgan fingerprint density at radius 2 is 2.00 bits per heavy atom. The number of carbonyl (C=O) groups is 1. The molecule has 144 valence electrons. The molecule has 0 aliphatic rings. The molecule has 2 aromatic carbocycles. The molecule has 0 unspecified atom stereocenters. The first kappa shape index (κ1) is 20.1. The first-order valence-corrected chi connectivity index (χ1v) is 9.97. The van der Waals surface area contributed by atoms with Gasteiger partial charge in [0.2, 0.25) is 0 Å². The van der Waals surface area contributed by atoms with Gasteiger partial charge in [0.25, 0.3) is 0 Å². The highest BCUT2D eigenvalue weighted by molar-refractivity contribution is 14.1. The summed E-state index contributed by atoms with van der Waals surface area (Å²) in [4.78, 5) is 12.3. The second-order valence-electron chi connectivity index (χ2n) is 6.10. The van der Waals surface area contributed by atoms with Gasteiger partial charge in [0.05, 0.1) is 18.9 Å². The van der Waals surface area contributed by atoms with Crippen molar-refractivity contribution in [2.75, 3.05) is 7.11 Å². The number of ether oxygens (including phenoxy) is 2. The van der Waals surface area contributed by atoms with Crippen molar-refractivity contribution in [3.8, 4) is 11.5 Å². The lowest BCUT2D eigenvalue weighted by Crippen LogP contribution is -1.99. The zero-order valence-corrected chi connectivity index (χ0v) is 17.9. The predicted molar refractivity (Wildman–Crippen MR) is 118 cm³/mol. The minimum Gasteiger partial charge on any atom is -0.496 e. The Labute approximate surface area is 178 Å². The zero-order chi connectivity index (χ0) is 19.9. The van der Waals surface area contributed by atoms with Crippen molar-refractivity contribution in [3.63, 3.8) is 0 Å². The number of methoxy groups -OCH3 is 1. The van der Waals surface area contributed by atoms with Crippen LogP contribution in [0.4, 0.5) is 0 Å². The van der Waals surface area contributed by atoms with Crippen LogP contribution in [-0.4, -0.2) is 22.7 Å². The highest BCUT2D eigenvalue weighted by atomic mass is 127. The van der Waals surface area contributed by atoms with Crippen LogP contribution in [0.3, 0.4) is 0 Å². The summed E-state index contributed by atoms with van der Waals surface area (Å²) in [6.45, 7) is 3.09. The maximum absolute atomic E-state index is 12.3. The van der Waals surface area contributed by atoms with Crippen LogP contribution in [0.15, 0.2) is 60.9 Å². The van der Waals surface area contributed by atoms with Crippen LogP contribution < -0.4 is 9.47 Å². The molecule has 0 saturated heterocycles. The number of hydrogen-bond acceptors (Lipinski definition) is 4. The van der Waals surface area contributed by atoms with Gasteiger partial charge in [-0.15, -0.1) is 0 Å². The van der Waals surface area contributed by atoms with Crippen LogP contribution in [0.2, 0.25) is 0 Å². The lowest BCUT2D eigenvalue weighted by atomic mass is 10.1. The Morgan fingerprint density at radius 3 is 2.68 bits per heavy atom. The largest absolute Gasteiger partial charge is 0.496 e. The SMILES string of the molecule is CCn1cc(C(=O)/C=C/c2ccc(OC)c(COc3ccc(I)cc3)c2)cn1. The number of nitrogens with zero attached hydrogens (tertiary/aromatic N) is 2. The van der Waals surface area contributed by atoms with Crippen molar-refractivity contribution in [1.82, 2.24) is 9.78 Å². The summed E-state index contributed by atoms with van der Waals surface area (Å²) in [5.74, 6) is 1.47. The molecular formula is C22H21IN2O3. The third-order valence-electron chi connectivity index (χ3n) is 4.18. The van der Waals surface area contributed by atoms with Gasteiger partial charge in [0.15, 0.2) is 5.78 Å². The Bertz CT molecular complexity index is 978. The van der Waals surface area contributed by atoms with Gasteiger partial charge in [-0.2, -0.15) is 5.10 Å². The third kappa shape index (κ3) is 5.22. The van der Waals surface area contributed by atoms with Crippen LogP contribution >= 0.6 is 22.6 Å². The summed E-state index contributed by atoms with van der Waals surface area (Å²) in [7, 11) is 1.63. The Morgan fingerprint density at radius 1 is 1.21 bits per heavy atom. The fourth-order valence-electron chi connectivity index (χ4n) is 2.64. The molecule has 0 amide bonds. The highest BCUT2D eigenvalue weighted by Crippen LogP contribution is 2.23. The molecule has 1 aromatic heterocycles. The van der Waals surface area contributed by atoms with Gasteiger partial charge in [-0.05, 0) is 77.6 Å². The van der Waals surface area contributed by atoms with E-state index in [-0.39, 0.29) is 5.78 Å². The maximum Gasteiger partial charge on any atom is 0.189 e. The molecule has 0 spiro atoms. The molecule has 3 aromatic rings. The summed E-state index contributed by atoms with van der Waals surface area (Å²) < 4.78 is 14.2. The second-order valence-corrected chi connectivity index (χ2v) is 7.34. The summed E-state index contributed by atoms with van der Waals surface area (Å²) in [5.41, 5.74) is 2.39. The second kappa shape index (κ2) is 9.54. The fraction of sp³-hybridized carbons (Fsp3) is 0.182. The topological polar surface area (TPSA) is 53.4 Å². The predicted octanol–water partition coefficient (Wildman–Crippen LogP) is 4.99. The molecule has 1 heterocycles. The molecule has 6 heteroatoms. The van der Waals surface area contributed by atoms with Gasteiger partial charge < -0.3 is 9.47 Å². The van der Waals surface area contributed by atoms with Crippen LogP contribution in [0.25, 0.3) is 6.08 Å². The first-order chi connectivity index (χ1) is 13.6. The minimum absolute atomic E-state index is 0.0767. The van der Waals surface area contributed by atoms with Gasteiger partial charge in [-0.1, -0.05) is 12.1 Å². The lowest BCUT2D eigenvalue weighted by molar-refractivity contribution is 0.104. The van der Waals surface area contributed by atoms with E-state index in [2.05, 4.69) is 27.7 Å². The molecular weight excluding hydrogens is 467 g/mol. The molecule has 0 atom stereocenters. The van der Waals surface area contributed by atoms with E-state index >= 15 is 0 Å². The highest BCUT2D eigenvalue weighted by Gasteiger charge is 2.07. The minimum atomic E-state index is -0.0767. The molecule has 3 rings (SSSR count). The Kier molecular flexibility index (Phi) is 6.86. The van der Waals surface area contributed by atoms with E-state index in [4.69, 9.17) is 9.47 Å². The Hall–Kier alpha value is -2.61. The number of carbonyl (C=O) groups excluding carboxylic acids is 1. The van der Waals surface area contributed by atoms with Crippen molar-refractivity contribution in [2.45, 2.75) is 20.1 Å². The number of benzene rings is 2. The standard InChI is InChI=1S/C22H21IN2O3/c1-3-25-14-18(13-24-25)21(26)10-4-16-5-11-22(27-2)17(12-16)15-28-20-8-6-19(23)7-9-20/h4-14H,3,15H2,1-2H3/b10-4+. The lowest BCUT2D eigenvalue weighted by Gasteiger charge is -2.11. The first-order valence-electron chi connectivity index (χ1n) is 8.89. The number of hydrogen-bond donors (Lipinski definition) is 0. The molecule has 0 fully saturated rings. The molecule has 0 aliphatic heterocycles. The van der Waals surface area contributed by atoms with Gasteiger partial charge >= 0.3 is 0 Å². The van der Waals surface area contributed by atoms with Crippen LogP contribution in [0.1, 0.15) is 28.4 Å². The summed E-state index contributed by atoms with van der Waals surface area (Å²) in [5, 5.41) is 4.13. The normalized spacial score (nSPS) is 11.0. The van der Waals surface area contributed by atoms with Crippen LogP contribution in [0.5, 0.6) is 11.5 Å². The number of aryl methyl sites for hydroxylation is 1. The van der Waals surface area contributed by atoms with E-state index < -0.39 is 0 Å². The smallest absolute Gasteiger partial charge is 0.189 e. The van der Waals surface area contributed by atoms with Crippen molar-refractivity contribution in [1.29, 1.82) is 0 Å². The van der Waals surface area contributed by atoms with Gasteiger partial charge in [0.1, 0.15) is 18.1 Å². The third-order valence-corrected chi connectivity index (χ3v) is 4.90. The summed E-state index contributed by atoms with van der Waals surface area (Å²) >= 11 is 2.26. The average molecular weight is 488 g/mol. The van der Waals surface area contributed by atoms with E-state index in [1.54, 1.807) is 36.3 Å². The van der Waals surface area contributed by atoms with Crippen molar-refractivity contribution in [2.24, 2.45) is 0 Å². The van der Waals surface area contributed by atoms with Gasteiger partial charge in [-0.3, -0.25) is 9.48 Å². The van der Waals surface area contributed by atoms with Gasteiger partial charge in [-0.25, -0.2) is 0 Å². The average Bonchev–Trinajstić information content (AvgIpc) is 3.21. The van der Waals surface area contributed by atoms with E-state index in [1.807, 2.05) is 49.4 Å². The number of halogens is 1. The molecule has 0 saturated carbocycles. The van der Waals surface area contributed by atoms with Crippen molar-refractivity contribution in [3.05, 3.63) is 81.2 Å². The molecule has 5 nitrogen and oxygen atoms in total. The monoisotopic (exact) mass is 488 g/mol. The van der Waals surface area contributed by atoms with Crippen LogP contribution in [-0.2, 0) is 13.2 Å². The fourth-order valence-corrected chi connectivity index (χ4v) is 3.00. The van der Waals surface area contributed by atoms with Crippen molar-refractivity contribution >= 4 is 34.5 Å². The summed E-state index contributed by atoms with van der Waals surface area (Å²) in [6, 6.07) is 13.6. The Balaban J connectivity index is 1.72. The number of ketones is 1. The molecule has 0 bridgehead atoms. The van der Waals surface area contributed by atoms with Crippen molar-refractivity contribution < 1.29 is 14.3 Å². The molecule has 0 N–H and O–H groups in total. The maximum atomic E-state index is 12.3. The molecule has 0 aliphatic carbocycles. The number of allylic oxidation sites excluding steroid dienone is 1. The molecule has 0 radical (unpaired) electrons. The molecule has 28 heavy (non-hydrogen) atoms. The van der Waals surface area contributed by atoms with E-state index in [9.17, 15) is 4.79 Å². The quantitative estimate of drug-likeness (QED) is 0.255. The van der Waals surface area contributed by atoms with E-state index in [1.165, 1.54) is 0 Å².